The third-order valence-electron chi connectivity index (χ3n) is 4.89. The van der Waals surface area contributed by atoms with Gasteiger partial charge in [-0.25, -0.2) is 8.42 Å². The summed E-state index contributed by atoms with van der Waals surface area (Å²) in [5.74, 6) is -0.924. The molecule has 0 aromatic heterocycles. The molecule has 11 heteroatoms. The molecule has 0 aliphatic heterocycles. The molecule has 7 nitrogen and oxygen atoms in total. The van der Waals surface area contributed by atoms with Crippen LogP contribution in [-0.2, 0) is 26.2 Å². The number of hydrogen-bond donors (Lipinski definition) is 1. The van der Waals surface area contributed by atoms with Gasteiger partial charge in [0.15, 0.2) is 0 Å². The number of rotatable bonds is 10. The fourth-order valence-corrected chi connectivity index (χ4v) is 4.91. The van der Waals surface area contributed by atoms with Crippen LogP contribution in [0.1, 0.15) is 25.8 Å². The van der Waals surface area contributed by atoms with Gasteiger partial charge in [0.25, 0.3) is 0 Å². The molecule has 0 spiro atoms. The number of para-hydroxylation sites is 1. The third-order valence-corrected chi connectivity index (χ3v) is 6.93. The predicted octanol–water partition coefficient (Wildman–Crippen LogP) is 4.36. The van der Waals surface area contributed by atoms with E-state index < -0.39 is 28.5 Å². The maximum Gasteiger partial charge on any atom is 0.244 e. The summed E-state index contributed by atoms with van der Waals surface area (Å²) < 4.78 is 26.0. The highest BCUT2D eigenvalue weighted by Crippen LogP contribution is 2.28. The smallest absolute Gasteiger partial charge is 0.244 e. The van der Waals surface area contributed by atoms with Crippen LogP contribution in [0.4, 0.5) is 5.69 Å². The summed E-state index contributed by atoms with van der Waals surface area (Å²) in [6.45, 7) is 3.38. The molecule has 0 aliphatic rings. The highest BCUT2D eigenvalue weighted by atomic mass is 35.5. The van der Waals surface area contributed by atoms with Gasteiger partial charge in [-0.2, -0.15) is 0 Å². The second-order valence-corrected chi connectivity index (χ2v) is 10.5. The lowest BCUT2D eigenvalue weighted by atomic mass is 10.1. The lowest BCUT2D eigenvalue weighted by Gasteiger charge is -2.33. The van der Waals surface area contributed by atoms with Gasteiger partial charge in [-0.15, -0.1) is 0 Å². The number of benzene rings is 2. The summed E-state index contributed by atoms with van der Waals surface area (Å²) in [6.07, 6.45) is 1.30. The van der Waals surface area contributed by atoms with E-state index in [9.17, 15) is 18.0 Å². The van der Waals surface area contributed by atoms with Crippen molar-refractivity contribution < 1.29 is 18.0 Å². The number of hydrogen-bond acceptors (Lipinski definition) is 4. The molecule has 2 amide bonds. The van der Waals surface area contributed by atoms with Crippen molar-refractivity contribution in [1.82, 2.24) is 10.2 Å². The zero-order valence-corrected chi connectivity index (χ0v) is 21.6. The number of nitrogens with one attached hydrogen (secondary N) is 1. The van der Waals surface area contributed by atoms with Gasteiger partial charge < -0.3 is 10.2 Å². The van der Waals surface area contributed by atoms with Gasteiger partial charge in [0.05, 0.1) is 17.0 Å². The molecule has 2 rings (SSSR count). The van der Waals surface area contributed by atoms with Crippen molar-refractivity contribution in [3.05, 3.63) is 63.1 Å². The van der Waals surface area contributed by atoms with Crippen molar-refractivity contribution >= 4 is 62.3 Å². The van der Waals surface area contributed by atoms with Crippen molar-refractivity contribution in [1.29, 1.82) is 0 Å². The zero-order valence-electron chi connectivity index (χ0n) is 18.5. The van der Waals surface area contributed by atoms with Gasteiger partial charge in [0.1, 0.15) is 12.6 Å². The summed E-state index contributed by atoms with van der Waals surface area (Å²) >= 11 is 18.5. The predicted molar refractivity (Wildman–Crippen MR) is 133 cm³/mol. The Balaban J connectivity index is 2.48. The van der Waals surface area contributed by atoms with Crippen LogP contribution >= 0.6 is 34.8 Å². The largest absolute Gasteiger partial charge is 0.355 e. The Bertz CT molecular complexity index is 1110. The van der Waals surface area contributed by atoms with E-state index in [2.05, 4.69) is 5.32 Å². The van der Waals surface area contributed by atoms with Crippen LogP contribution in [-0.4, -0.2) is 50.5 Å². The minimum Gasteiger partial charge on any atom is -0.355 e. The van der Waals surface area contributed by atoms with E-state index in [1.807, 2.05) is 0 Å². The number of nitrogens with zero attached hydrogens (tertiary/aromatic N) is 2. The Hall–Kier alpha value is -2.00. The van der Waals surface area contributed by atoms with Crippen molar-refractivity contribution in [3.63, 3.8) is 0 Å². The Morgan fingerprint density at radius 3 is 2.24 bits per heavy atom. The molecule has 1 atom stereocenters. The van der Waals surface area contributed by atoms with Crippen LogP contribution in [0.2, 0.25) is 15.1 Å². The summed E-state index contributed by atoms with van der Waals surface area (Å²) in [5.41, 5.74) is 0.742. The molecule has 0 bridgehead atoms. The first-order chi connectivity index (χ1) is 15.5. The van der Waals surface area contributed by atoms with Crippen molar-refractivity contribution in [3.8, 4) is 0 Å². The molecule has 0 fully saturated rings. The topological polar surface area (TPSA) is 86.8 Å². The number of sulfonamides is 1. The number of carbonyl (C=O) groups excluding carboxylic acids is 2. The molecule has 0 unspecified atom stereocenters. The Kier molecular flexibility index (Phi) is 9.84. The van der Waals surface area contributed by atoms with Crippen LogP contribution in [0.15, 0.2) is 42.5 Å². The van der Waals surface area contributed by atoms with Crippen LogP contribution in [0.25, 0.3) is 0 Å². The highest BCUT2D eigenvalue weighted by Gasteiger charge is 2.32. The van der Waals surface area contributed by atoms with E-state index in [1.54, 1.807) is 44.2 Å². The Labute approximate surface area is 209 Å². The summed E-state index contributed by atoms with van der Waals surface area (Å²) in [6, 6.07) is 10.3. The lowest BCUT2D eigenvalue weighted by Crippen LogP contribution is -2.52. The van der Waals surface area contributed by atoms with Gasteiger partial charge >= 0.3 is 0 Å². The van der Waals surface area contributed by atoms with Crippen LogP contribution in [0, 0.1) is 0 Å². The molecule has 0 aliphatic carbocycles. The minimum absolute atomic E-state index is 0.00933. The SMILES string of the molecule is CCNC(=O)[C@@H](CC)N(Cc1ccc(Cl)cc1Cl)C(=O)CN(c1ccccc1Cl)S(C)(=O)=O. The lowest BCUT2D eigenvalue weighted by molar-refractivity contribution is -0.140. The average molecular weight is 535 g/mol. The fourth-order valence-electron chi connectivity index (χ4n) is 3.29. The first-order valence-electron chi connectivity index (χ1n) is 10.2. The number of amides is 2. The van der Waals surface area contributed by atoms with Gasteiger partial charge in [-0.3, -0.25) is 13.9 Å². The normalized spacial score (nSPS) is 12.2. The maximum absolute atomic E-state index is 13.5. The van der Waals surface area contributed by atoms with Crippen molar-refractivity contribution in [2.45, 2.75) is 32.9 Å². The minimum atomic E-state index is -3.86. The Morgan fingerprint density at radius 2 is 1.70 bits per heavy atom. The number of halogens is 3. The van der Waals surface area contributed by atoms with E-state index in [1.165, 1.54) is 17.0 Å². The molecule has 180 valence electrons. The fraction of sp³-hybridized carbons (Fsp3) is 0.364. The molecule has 0 saturated carbocycles. The molecular formula is C22H26Cl3N3O4S. The van der Waals surface area contributed by atoms with Gasteiger partial charge in [0, 0.05) is 23.1 Å². The molecular weight excluding hydrogens is 509 g/mol. The molecule has 0 radical (unpaired) electrons. The molecule has 2 aromatic carbocycles. The average Bonchev–Trinajstić information content (AvgIpc) is 2.73. The van der Waals surface area contributed by atoms with Gasteiger partial charge in [0.2, 0.25) is 21.8 Å². The van der Waals surface area contributed by atoms with E-state index in [4.69, 9.17) is 34.8 Å². The second kappa shape index (κ2) is 11.9. The summed E-state index contributed by atoms with van der Waals surface area (Å²) in [7, 11) is -3.86. The van der Waals surface area contributed by atoms with Gasteiger partial charge in [-0.05, 0) is 43.2 Å². The quantitative estimate of drug-likeness (QED) is 0.491. The van der Waals surface area contributed by atoms with Crippen molar-refractivity contribution in [2.24, 2.45) is 0 Å². The van der Waals surface area contributed by atoms with E-state index >= 15 is 0 Å². The number of likely N-dealkylation sites (N-methyl/N-ethyl adjacent to an activating group) is 1. The molecule has 0 heterocycles. The zero-order chi connectivity index (χ0) is 24.8. The highest BCUT2D eigenvalue weighted by molar-refractivity contribution is 7.92. The number of carbonyl (C=O) groups is 2. The van der Waals surface area contributed by atoms with Crippen LogP contribution < -0.4 is 9.62 Å². The first-order valence-corrected chi connectivity index (χ1v) is 13.2. The molecule has 1 N–H and O–H groups in total. The summed E-state index contributed by atoms with van der Waals surface area (Å²) in [4.78, 5) is 27.6. The third kappa shape index (κ3) is 7.24. The maximum atomic E-state index is 13.5. The van der Waals surface area contributed by atoms with Crippen LogP contribution in [0.3, 0.4) is 0 Å². The van der Waals surface area contributed by atoms with Gasteiger partial charge in [-0.1, -0.05) is 59.9 Å². The molecule has 0 saturated heterocycles. The van der Waals surface area contributed by atoms with E-state index in [0.29, 0.717) is 28.6 Å². The molecule has 2 aromatic rings. The van der Waals surface area contributed by atoms with E-state index in [-0.39, 0.29) is 23.2 Å². The summed E-state index contributed by atoms with van der Waals surface area (Å²) in [5, 5.41) is 3.67. The number of anilines is 1. The van der Waals surface area contributed by atoms with Crippen molar-refractivity contribution in [2.75, 3.05) is 23.7 Å². The Morgan fingerprint density at radius 1 is 1.03 bits per heavy atom. The molecule has 33 heavy (non-hydrogen) atoms. The van der Waals surface area contributed by atoms with E-state index in [0.717, 1.165) is 10.6 Å². The second-order valence-electron chi connectivity index (χ2n) is 7.30. The van der Waals surface area contributed by atoms with Crippen LogP contribution in [0.5, 0.6) is 0 Å². The standard InChI is InChI=1S/C22H26Cl3N3O4S/c1-4-19(22(30)26-5-2)27(13-15-10-11-16(23)12-18(15)25)21(29)14-28(33(3,31)32)20-9-7-6-8-17(20)24/h6-12,19H,4-5,13-14H2,1-3H3,(H,26,30)/t19-/m1/s1. The first kappa shape index (κ1) is 27.2. The monoisotopic (exact) mass is 533 g/mol.